The lowest BCUT2D eigenvalue weighted by atomic mass is 9.82. The van der Waals surface area contributed by atoms with Gasteiger partial charge >= 0.3 is 5.97 Å². The lowest BCUT2D eigenvalue weighted by Crippen LogP contribution is -2.47. The van der Waals surface area contributed by atoms with Crippen LogP contribution in [0.15, 0.2) is 5.11 Å². The minimum absolute atomic E-state index is 0.00235. The molecule has 2 radical (unpaired) electrons. The molecule has 0 aromatic rings. The van der Waals surface area contributed by atoms with Crippen molar-refractivity contribution >= 4 is 19.7 Å². The molecule has 0 bridgehead atoms. The summed E-state index contributed by atoms with van der Waals surface area (Å²) in [7, 11) is 5.57. The molecule has 1 aliphatic heterocycles. The molecule has 2 N–H and O–H groups in total. The van der Waals surface area contributed by atoms with Crippen molar-refractivity contribution < 1.29 is 14.3 Å². The average molecular weight is 335 g/mol. The van der Waals surface area contributed by atoms with E-state index in [2.05, 4.69) is 10.0 Å². The number of ether oxygens (including phenoxy) is 1. The molecular weight excluding hydrogens is 309 g/mol. The monoisotopic (exact) mass is 335 g/mol. The summed E-state index contributed by atoms with van der Waals surface area (Å²) in [5.41, 5.74) is 13.3. The molecule has 1 heterocycles. The maximum absolute atomic E-state index is 12.7. The van der Waals surface area contributed by atoms with Gasteiger partial charge in [-0.2, -0.15) is 0 Å². The lowest BCUT2D eigenvalue weighted by Gasteiger charge is -2.27. The first kappa shape index (κ1) is 20.3. The van der Waals surface area contributed by atoms with Gasteiger partial charge in [0, 0.05) is 23.9 Å². The Morgan fingerprint density at radius 3 is 2.79 bits per heavy atom. The molecule has 9 heteroatoms. The zero-order valence-electron chi connectivity index (χ0n) is 14.5. The number of azide groups is 1. The molecule has 1 saturated heterocycles. The van der Waals surface area contributed by atoms with Crippen molar-refractivity contribution in [2.75, 3.05) is 19.7 Å². The van der Waals surface area contributed by atoms with E-state index in [-0.39, 0.29) is 25.0 Å². The third-order valence-electron chi connectivity index (χ3n) is 4.31. The van der Waals surface area contributed by atoms with Crippen LogP contribution in [0.4, 0.5) is 0 Å². The first-order valence-corrected chi connectivity index (χ1v) is 8.40. The predicted molar refractivity (Wildman–Crippen MR) is 91.3 cm³/mol. The number of likely N-dealkylation sites (tertiary alicyclic amines) is 1. The fraction of sp³-hybridized carbons (Fsp3) is 0.867. The highest BCUT2D eigenvalue weighted by molar-refractivity contribution is 6.08. The summed E-state index contributed by atoms with van der Waals surface area (Å²) < 4.78 is 5.32. The van der Waals surface area contributed by atoms with Crippen molar-refractivity contribution in [2.24, 2.45) is 16.8 Å². The molecule has 132 valence electrons. The maximum atomic E-state index is 12.7. The fourth-order valence-electron chi connectivity index (χ4n) is 2.95. The highest BCUT2D eigenvalue weighted by atomic mass is 16.5. The second-order valence-corrected chi connectivity index (χ2v) is 6.24. The van der Waals surface area contributed by atoms with Gasteiger partial charge in [0.05, 0.1) is 20.5 Å². The SMILES string of the molecule is [B]CCC[C@H]1CN(C(=O)[C@H](C)N)C[C@@]1(N=[N+]=[N-])C(=O)OCCCC. The minimum Gasteiger partial charge on any atom is -0.465 e. The summed E-state index contributed by atoms with van der Waals surface area (Å²) in [5.74, 6) is -1.17. The average Bonchev–Trinajstić information content (AvgIpc) is 2.92. The van der Waals surface area contributed by atoms with Gasteiger partial charge in [0.25, 0.3) is 0 Å². The van der Waals surface area contributed by atoms with Crippen molar-refractivity contribution in [3.05, 3.63) is 10.4 Å². The fourth-order valence-corrected chi connectivity index (χ4v) is 2.95. The summed E-state index contributed by atoms with van der Waals surface area (Å²) in [5, 5.41) is 3.79. The highest BCUT2D eigenvalue weighted by Crippen LogP contribution is 2.37. The Morgan fingerprint density at radius 1 is 1.54 bits per heavy atom. The number of carbonyl (C=O) groups excluding carboxylic acids is 2. The standard InChI is InChI=1S/C15H26BN5O3/c1-3-4-8-24-14(23)15(19-20-18)10-21(13(22)11(2)17)9-12(15)6-5-7-16/h11-12H,3-10,17H2,1-2H3/t11-,12-,15-/m0/s1. The van der Waals surface area contributed by atoms with Crippen LogP contribution >= 0.6 is 0 Å². The summed E-state index contributed by atoms with van der Waals surface area (Å²) in [6.45, 7) is 4.15. The molecular formula is C15H26BN5O3. The topological polar surface area (TPSA) is 121 Å². The molecule has 1 fully saturated rings. The largest absolute Gasteiger partial charge is 0.465 e. The van der Waals surface area contributed by atoms with Gasteiger partial charge in [-0.15, -0.1) is 0 Å². The van der Waals surface area contributed by atoms with Crippen molar-refractivity contribution in [1.29, 1.82) is 0 Å². The molecule has 0 aromatic heterocycles. The van der Waals surface area contributed by atoms with Crippen LogP contribution in [0, 0.1) is 5.92 Å². The van der Waals surface area contributed by atoms with Gasteiger partial charge in [0.2, 0.25) is 5.91 Å². The van der Waals surface area contributed by atoms with Gasteiger partial charge in [0.1, 0.15) is 0 Å². The number of amides is 1. The van der Waals surface area contributed by atoms with Crippen LogP contribution in [0.2, 0.25) is 6.32 Å². The molecule has 3 atom stereocenters. The molecule has 0 spiro atoms. The number of carbonyl (C=O) groups is 2. The Balaban J connectivity index is 3.07. The van der Waals surface area contributed by atoms with Crippen molar-refractivity contribution in [1.82, 2.24) is 4.90 Å². The van der Waals surface area contributed by atoms with E-state index in [1.807, 2.05) is 6.92 Å². The normalized spacial score (nSPS) is 24.3. The van der Waals surface area contributed by atoms with E-state index in [4.69, 9.17) is 23.8 Å². The van der Waals surface area contributed by atoms with Gasteiger partial charge in [-0.3, -0.25) is 9.59 Å². The molecule has 1 aliphatic rings. The molecule has 1 rings (SSSR count). The summed E-state index contributed by atoms with van der Waals surface area (Å²) in [6.07, 6.45) is 3.30. The third kappa shape index (κ3) is 4.64. The Labute approximate surface area is 144 Å². The second-order valence-electron chi connectivity index (χ2n) is 6.24. The molecule has 0 aromatic carbocycles. The molecule has 24 heavy (non-hydrogen) atoms. The predicted octanol–water partition coefficient (Wildman–Crippen LogP) is 1.55. The first-order valence-electron chi connectivity index (χ1n) is 8.40. The van der Waals surface area contributed by atoms with E-state index < -0.39 is 17.6 Å². The zero-order chi connectivity index (χ0) is 18.2. The second kappa shape index (κ2) is 9.54. The van der Waals surface area contributed by atoms with E-state index in [1.54, 1.807) is 6.92 Å². The summed E-state index contributed by atoms with van der Waals surface area (Å²) in [6, 6.07) is -0.682. The Hall–Kier alpha value is -1.73. The van der Waals surface area contributed by atoms with Crippen LogP contribution in [0.3, 0.4) is 0 Å². The van der Waals surface area contributed by atoms with E-state index in [0.717, 1.165) is 12.8 Å². The number of rotatable bonds is 9. The number of nitrogens with two attached hydrogens (primary N) is 1. The van der Waals surface area contributed by atoms with E-state index in [0.29, 0.717) is 25.7 Å². The molecule has 0 unspecified atom stereocenters. The van der Waals surface area contributed by atoms with Gasteiger partial charge in [0.15, 0.2) is 5.54 Å². The lowest BCUT2D eigenvalue weighted by molar-refractivity contribution is -0.151. The molecule has 0 aliphatic carbocycles. The zero-order valence-corrected chi connectivity index (χ0v) is 14.5. The van der Waals surface area contributed by atoms with Crippen LogP contribution in [0.25, 0.3) is 10.4 Å². The number of nitrogens with zero attached hydrogens (tertiary/aromatic N) is 4. The van der Waals surface area contributed by atoms with E-state index in [1.165, 1.54) is 4.90 Å². The van der Waals surface area contributed by atoms with E-state index >= 15 is 0 Å². The first-order chi connectivity index (χ1) is 11.4. The van der Waals surface area contributed by atoms with Gasteiger partial charge < -0.3 is 15.4 Å². The highest BCUT2D eigenvalue weighted by Gasteiger charge is 2.54. The molecule has 0 saturated carbocycles. The Morgan fingerprint density at radius 2 is 2.25 bits per heavy atom. The Bertz CT molecular complexity index is 496. The van der Waals surface area contributed by atoms with Crippen LogP contribution in [-0.2, 0) is 14.3 Å². The van der Waals surface area contributed by atoms with Crippen molar-refractivity contribution in [2.45, 2.75) is 57.4 Å². The van der Waals surface area contributed by atoms with E-state index in [9.17, 15) is 9.59 Å². The van der Waals surface area contributed by atoms with Crippen molar-refractivity contribution in [3.63, 3.8) is 0 Å². The Kier molecular flexibility index (Phi) is 8.08. The summed E-state index contributed by atoms with van der Waals surface area (Å²) >= 11 is 0. The van der Waals surface area contributed by atoms with Gasteiger partial charge in [-0.1, -0.05) is 31.2 Å². The van der Waals surface area contributed by atoms with Crippen LogP contribution < -0.4 is 5.73 Å². The number of unbranched alkanes of at least 4 members (excludes halogenated alkanes) is 1. The number of hydrogen-bond donors (Lipinski definition) is 1. The smallest absolute Gasteiger partial charge is 0.320 e. The summed E-state index contributed by atoms with van der Waals surface area (Å²) in [4.78, 5) is 29.2. The minimum atomic E-state index is -1.40. The third-order valence-corrected chi connectivity index (χ3v) is 4.31. The molecule has 1 amide bonds. The van der Waals surface area contributed by atoms with Gasteiger partial charge in [-0.05, 0) is 25.3 Å². The molecule has 8 nitrogen and oxygen atoms in total. The van der Waals surface area contributed by atoms with Crippen LogP contribution in [-0.4, -0.2) is 55.9 Å². The quantitative estimate of drug-likeness (QED) is 0.171. The maximum Gasteiger partial charge on any atom is 0.320 e. The van der Waals surface area contributed by atoms with Gasteiger partial charge in [-0.25, -0.2) is 0 Å². The van der Waals surface area contributed by atoms with Crippen LogP contribution in [0.5, 0.6) is 0 Å². The van der Waals surface area contributed by atoms with Crippen molar-refractivity contribution in [3.8, 4) is 0 Å². The van der Waals surface area contributed by atoms with Crippen LogP contribution in [0.1, 0.15) is 39.5 Å². The number of hydrogen-bond acceptors (Lipinski definition) is 5. The number of esters is 1.